The number of nitriles is 2. The minimum atomic E-state index is -0.106. The first-order chi connectivity index (χ1) is 18.5. The zero-order valence-electron chi connectivity index (χ0n) is 21.9. The minimum Gasteiger partial charge on any atom is -0.393 e. The quantitative estimate of drug-likeness (QED) is 0.412. The number of aliphatic hydroxyl groups excluding tert-OH is 1. The Morgan fingerprint density at radius 3 is 2.42 bits per heavy atom. The van der Waals surface area contributed by atoms with Crippen molar-refractivity contribution in [2.45, 2.75) is 82.5 Å². The Morgan fingerprint density at radius 2 is 1.68 bits per heavy atom. The molecule has 38 heavy (non-hydrogen) atoms. The molecule has 5 atom stereocenters. The van der Waals surface area contributed by atoms with Gasteiger partial charge < -0.3 is 21.1 Å². The van der Waals surface area contributed by atoms with Gasteiger partial charge in [-0.15, -0.1) is 0 Å². The largest absolute Gasteiger partial charge is 0.393 e. The maximum Gasteiger partial charge on any atom is 0.224 e. The summed E-state index contributed by atoms with van der Waals surface area (Å²) >= 11 is 0. The van der Waals surface area contributed by atoms with Gasteiger partial charge in [-0.3, -0.25) is 0 Å². The van der Waals surface area contributed by atoms with Crippen LogP contribution >= 0.6 is 0 Å². The standard InChI is InChI=1S/C30H37N7O/c31-14-20-3-1-2-4-21(20)16-33-29-34-17-24(15-32)28(37-29)35-18-30-11-19-9-22(12-30)27(23(10-19)13-30)36-25-5-7-26(38)8-6-25/h1-4,17,19,22-23,25-27,36,38H,5-13,16,18H2,(H2,33,34,35,37)/t19?,22-,23+,25?,26?,27?,30?. The molecule has 1 aromatic heterocycles. The van der Waals surface area contributed by atoms with E-state index in [9.17, 15) is 15.6 Å². The summed E-state index contributed by atoms with van der Waals surface area (Å²) in [5.41, 5.74) is 2.23. The SMILES string of the molecule is N#Cc1ccccc1CNc1ncc(C#N)c(NCC23CC4C[C@H](C2)C(NC2CCC(O)CC2)[C@@H](C4)C3)n1. The Kier molecular flexibility index (Phi) is 6.95. The van der Waals surface area contributed by atoms with E-state index in [0.29, 0.717) is 53.4 Å². The molecule has 0 saturated heterocycles. The van der Waals surface area contributed by atoms with Gasteiger partial charge in [0.15, 0.2) is 0 Å². The minimum absolute atomic E-state index is 0.106. The molecule has 1 aromatic carbocycles. The second-order valence-corrected chi connectivity index (χ2v) is 12.2. The zero-order chi connectivity index (χ0) is 26.1. The highest BCUT2D eigenvalue weighted by Gasteiger charge is 2.55. The lowest BCUT2D eigenvalue weighted by Gasteiger charge is -2.61. The molecule has 198 valence electrons. The summed E-state index contributed by atoms with van der Waals surface area (Å²) in [6.07, 6.45) is 11.9. The van der Waals surface area contributed by atoms with Crippen LogP contribution in [0.1, 0.15) is 74.5 Å². The van der Waals surface area contributed by atoms with E-state index in [1.165, 1.54) is 32.1 Å². The number of rotatable bonds is 8. The number of anilines is 2. The van der Waals surface area contributed by atoms with E-state index < -0.39 is 0 Å². The van der Waals surface area contributed by atoms with Crippen LogP contribution in [0.3, 0.4) is 0 Å². The van der Waals surface area contributed by atoms with Crippen molar-refractivity contribution in [3.05, 3.63) is 47.2 Å². The first-order valence-corrected chi connectivity index (χ1v) is 14.2. The monoisotopic (exact) mass is 511 g/mol. The van der Waals surface area contributed by atoms with Gasteiger partial charge in [0.1, 0.15) is 17.5 Å². The molecule has 3 unspecified atom stereocenters. The molecule has 5 fully saturated rings. The predicted octanol–water partition coefficient (Wildman–Crippen LogP) is 4.33. The summed E-state index contributed by atoms with van der Waals surface area (Å²) in [5, 5.41) is 39.8. The molecular formula is C30H37N7O. The number of hydrogen-bond donors (Lipinski definition) is 4. The van der Waals surface area contributed by atoms with Gasteiger partial charge in [-0.25, -0.2) is 4.98 Å². The van der Waals surface area contributed by atoms with Crippen molar-refractivity contribution in [2.75, 3.05) is 17.2 Å². The van der Waals surface area contributed by atoms with Crippen molar-refractivity contribution in [1.29, 1.82) is 10.5 Å². The fourth-order valence-corrected chi connectivity index (χ4v) is 8.11. The van der Waals surface area contributed by atoms with Gasteiger partial charge in [-0.1, -0.05) is 18.2 Å². The molecule has 0 spiro atoms. The number of aliphatic hydroxyl groups is 1. The van der Waals surface area contributed by atoms with Crippen molar-refractivity contribution >= 4 is 11.8 Å². The van der Waals surface area contributed by atoms with E-state index >= 15 is 0 Å². The molecule has 7 rings (SSSR count). The molecule has 4 N–H and O–H groups in total. The van der Waals surface area contributed by atoms with Crippen molar-refractivity contribution in [1.82, 2.24) is 15.3 Å². The highest BCUT2D eigenvalue weighted by Crippen LogP contribution is 2.60. The molecule has 0 radical (unpaired) electrons. The Hall–Kier alpha value is -3.20. The van der Waals surface area contributed by atoms with Crippen LogP contribution in [-0.4, -0.2) is 39.8 Å². The molecule has 5 aliphatic rings. The van der Waals surface area contributed by atoms with Crippen LogP contribution < -0.4 is 16.0 Å². The normalized spacial score (nSPS) is 33.3. The van der Waals surface area contributed by atoms with Gasteiger partial charge >= 0.3 is 0 Å². The lowest BCUT2D eigenvalue weighted by Crippen LogP contribution is -2.61. The van der Waals surface area contributed by atoms with Crippen molar-refractivity contribution in [2.24, 2.45) is 23.2 Å². The van der Waals surface area contributed by atoms with Gasteiger partial charge in [0.05, 0.1) is 23.9 Å². The lowest BCUT2D eigenvalue weighted by atomic mass is 9.47. The third-order valence-electron chi connectivity index (χ3n) is 9.64. The van der Waals surface area contributed by atoms with E-state index in [0.717, 1.165) is 43.7 Å². The second-order valence-electron chi connectivity index (χ2n) is 12.2. The predicted molar refractivity (Wildman–Crippen MR) is 145 cm³/mol. The fourth-order valence-electron chi connectivity index (χ4n) is 8.11. The number of aromatic nitrogens is 2. The highest BCUT2D eigenvalue weighted by molar-refractivity contribution is 5.54. The average molecular weight is 512 g/mol. The van der Waals surface area contributed by atoms with E-state index in [4.69, 9.17) is 0 Å². The van der Waals surface area contributed by atoms with Crippen molar-refractivity contribution in [3.8, 4) is 12.1 Å². The van der Waals surface area contributed by atoms with Crippen LogP contribution in [-0.2, 0) is 6.54 Å². The van der Waals surface area contributed by atoms with Gasteiger partial charge in [-0.05, 0) is 92.6 Å². The van der Waals surface area contributed by atoms with Gasteiger partial charge in [0.25, 0.3) is 0 Å². The summed E-state index contributed by atoms with van der Waals surface area (Å²) in [4.78, 5) is 8.99. The Bertz CT molecular complexity index is 1230. The summed E-state index contributed by atoms with van der Waals surface area (Å²) in [5.74, 6) is 3.27. The summed E-state index contributed by atoms with van der Waals surface area (Å²) in [6.45, 7) is 1.28. The Balaban J connectivity index is 1.11. The summed E-state index contributed by atoms with van der Waals surface area (Å²) < 4.78 is 0. The van der Waals surface area contributed by atoms with Gasteiger partial charge in [0.2, 0.25) is 5.95 Å². The molecule has 1 heterocycles. The first-order valence-electron chi connectivity index (χ1n) is 14.2. The molecule has 0 amide bonds. The number of nitrogens with zero attached hydrogens (tertiary/aromatic N) is 4. The molecule has 8 heteroatoms. The average Bonchev–Trinajstić information content (AvgIpc) is 2.93. The van der Waals surface area contributed by atoms with Crippen LogP contribution in [0.15, 0.2) is 30.5 Å². The fraction of sp³-hybridized carbons (Fsp3) is 0.600. The molecule has 0 aliphatic heterocycles. The molecular weight excluding hydrogens is 474 g/mol. The topological polar surface area (TPSA) is 130 Å². The number of nitrogens with one attached hydrogen (secondary N) is 3. The third kappa shape index (κ3) is 5.08. The van der Waals surface area contributed by atoms with E-state index in [1.807, 2.05) is 18.2 Å². The van der Waals surface area contributed by atoms with E-state index in [2.05, 4.69) is 38.1 Å². The zero-order valence-corrected chi connectivity index (χ0v) is 21.9. The molecule has 4 bridgehead atoms. The molecule has 5 aliphatic carbocycles. The Labute approximate surface area is 224 Å². The van der Waals surface area contributed by atoms with Gasteiger partial charge in [-0.2, -0.15) is 15.5 Å². The number of benzene rings is 1. The Morgan fingerprint density at radius 1 is 0.947 bits per heavy atom. The summed E-state index contributed by atoms with van der Waals surface area (Å²) in [6, 6.07) is 13.1. The maximum atomic E-state index is 9.90. The molecule has 5 saturated carbocycles. The summed E-state index contributed by atoms with van der Waals surface area (Å²) in [7, 11) is 0. The van der Waals surface area contributed by atoms with Crippen LogP contribution in [0, 0.1) is 45.8 Å². The molecule has 8 nitrogen and oxygen atoms in total. The lowest BCUT2D eigenvalue weighted by molar-refractivity contribution is -0.0737. The van der Waals surface area contributed by atoms with Crippen LogP contribution in [0.2, 0.25) is 0 Å². The van der Waals surface area contributed by atoms with Gasteiger partial charge in [0, 0.05) is 25.2 Å². The van der Waals surface area contributed by atoms with Crippen LogP contribution in [0.25, 0.3) is 0 Å². The molecule has 2 aromatic rings. The van der Waals surface area contributed by atoms with Crippen molar-refractivity contribution in [3.63, 3.8) is 0 Å². The smallest absolute Gasteiger partial charge is 0.224 e. The third-order valence-corrected chi connectivity index (χ3v) is 9.64. The second kappa shape index (κ2) is 10.5. The first kappa shape index (κ1) is 25.1. The van der Waals surface area contributed by atoms with Crippen LogP contribution in [0.5, 0.6) is 0 Å². The van der Waals surface area contributed by atoms with Crippen molar-refractivity contribution < 1.29 is 5.11 Å². The maximum absolute atomic E-state index is 9.90. The van der Waals surface area contributed by atoms with E-state index in [1.54, 1.807) is 12.3 Å². The van der Waals surface area contributed by atoms with Crippen LogP contribution in [0.4, 0.5) is 11.8 Å². The highest BCUT2D eigenvalue weighted by atomic mass is 16.3. The number of hydrogen-bond acceptors (Lipinski definition) is 8. The van der Waals surface area contributed by atoms with E-state index in [-0.39, 0.29) is 11.5 Å².